The van der Waals surface area contributed by atoms with E-state index in [0.29, 0.717) is 17.3 Å². The normalized spacial score (nSPS) is 18.9. The molecular weight excluding hydrogens is 254 g/mol. The van der Waals surface area contributed by atoms with Crippen LogP contribution in [0.4, 0.5) is 5.69 Å². The van der Waals surface area contributed by atoms with Crippen LogP contribution in [0.1, 0.15) is 23.3 Å². The number of rotatable bonds is 3. The first-order valence-electron chi connectivity index (χ1n) is 6.96. The summed E-state index contributed by atoms with van der Waals surface area (Å²) in [6, 6.07) is 7.50. The summed E-state index contributed by atoms with van der Waals surface area (Å²) in [5.74, 6) is 0.430. The van der Waals surface area contributed by atoms with Crippen LogP contribution in [0.25, 0.3) is 10.9 Å². The van der Waals surface area contributed by atoms with E-state index in [1.165, 1.54) is 0 Å². The minimum atomic E-state index is 0.0149. The van der Waals surface area contributed by atoms with Crippen molar-refractivity contribution >= 4 is 22.5 Å². The Balaban J connectivity index is 1.81. The number of hydrogen-bond donors (Lipinski definition) is 3. The predicted molar refractivity (Wildman–Crippen MR) is 78.4 cm³/mol. The van der Waals surface area contributed by atoms with E-state index >= 15 is 0 Å². The molecule has 0 saturated carbocycles. The van der Waals surface area contributed by atoms with Crippen LogP contribution in [-0.2, 0) is 0 Å². The number of aromatic nitrogens is 1. The smallest absolute Gasteiger partial charge is 0.270 e. The van der Waals surface area contributed by atoms with E-state index in [1.807, 2.05) is 29.2 Å². The lowest BCUT2D eigenvalue weighted by atomic mass is 10.1. The molecule has 1 unspecified atom stereocenters. The molecule has 1 aliphatic heterocycles. The van der Waals surface area contributed by atoms with E-state index < -0.39 is 0 Å². The number of carbonyl (C=O) groups is 1. The number of nitrogen functional groups attached to an aromatic ring is 1. The zero-order valence-electron chi connectivity index (χ0n) is 11.3. The molecule has 1 aromatic heterocycles. The number of anilines is 1. The summed E-state index contributed by atoms with van der Waals surface area (Å²) in [5, 5.41) is 9.93. The topological polar surface area (TPSA) is 82.3 Å². The standard InChI is InChI=1S/C15H19N3O2/c16-12-3-1-2-11-8-13(17-14(11)12)15(20)18-6-4-10(9-18)5-7-19/h1-3,8,10,17,19H,4-7,9,16H2. The van der Waals surface area contributed by atoms with Crippen molar-refractivity contribution in [2.45, 2.75) is 12.8 Å². The molecule has 4 N–H and O–H groups in total. The zero-order valence-corrected chi connectivity index (χ0v) is 11.3. The number of benzene rings is 1. The summed E-state index contributed by atoms with van der Waals surface area (Å²) < 4.78 is 0. The van der Waals surface area contributed by atoms with Gasteiger partial charge < -0.3 is 20.7 Å². The molecule has 0 radical (unpaired) electrons. The second kappa shape index (κ2) is 5.17. The van der Waals surface area contributed by atoms with E-state index in [0.717, 1.165) is 36.8 Å². The van der Waals surface area contributed by atoms with Gasteiger partial charge in [0.1, 0.15) is 5.69 Å². The summed E-state index contributed by atoms with van der Waals surface area (Å²) in [6.07, 6.45) is 1.73. The number of aromatic amines is 1. The van der Waals surface area contributed by atoms with Crippen LogP contribution in [0.2, 0.25) is 0 Å². The first-order chi connectivity index (χ1) is 9.69. The third-order valence-electron chi connectivity index (χ3n) is 4.03. The quantitative estimate of drug-likeness (QED) is 0.743. The summed E-state index contributed by atoms with van der Waals surface area (Å²) >= 11 is 0. The van der Waals surface area contributed by atoms with Gasteiger partial charge in [0.15, 0.2) is 0 Å². The Kier molecular flexibility index (Phi) is 3.36. The fourth-order valence-electron chi connectivity index (χ4n) is 2.90. The lowest BCUT2D eigenvalue weighted by Gasteiger charge is -2.15. The highest BCUT2D eigenvalue weighted by Gasteiger charge is 2.27. The molecular formula is C15H19N3O2. The first-order valence-corrected chi connectivity index (χ1v) is 6.96. The maximum atomic E-state index is 12.5. The van der Waals surface area contributed by atoms with Crippen LogP contribution < -0.4 is 5.73 Å². The molecule has 1 atom stereocenters. The Morgan fingerprint density at radius 1 is 1.50 bits per heavy atom. The average Bonchev–Trinajstić information content (AvgIpc) is 3.05. The molecule has 20 heavy (non-hydrogen) atoms. The van der Waals surface area contributed by atoms with Gasteiger partial charge in [-0.25, -0.2) is 0 Å². The Morgan fingerprint density at radius 2 is 2.35 bits per heavy atom. The first kappa shape index (κ1) is 13.0. The van der Waals surface area contributed by atoms with Crippen molar-refractivity contribution < 1.29 is 9.90 Å². The van der Waals surface area contributed by atoms with Crippen molar-refractivity contribution in [1.82, 2.24) is 9.88 Å². The summed E-state index contributed by atoms with van der Waals surface area (Å²) in [4.78, 5) is 17.4. The maximum Gasteiger partial charge on any atom is 0.270 e. The monoisotopic (exact) mass is 273 g/mol. The Hall–Kier alpha value is -2.01. The molecule has 0 bridgehead atoms. The average molecular weight is 273 g/mol. The maximum absolute atomic E-state index is 12.5. The molecule has 5 heteroatoms. The molecule has 0 aliphatic carbocycles. The van der Waals surface area contributed by atoms with Gasteiger partial charge in [-0.1, -0.05) is 12.1 Å². The predicted octanol–water partition coefficient (Wildman–Crippen LogP) is 1.59. The minimum absolute atomic E-state index is 0.0149. The SMILES string of the molecule is Nc1cccc2cc(C(=O)N3CCC(CCO)C3)[nH]c12. The van der Waals surface area contributed by atoms with E-state index in [9.17, 15) is 4.79 Å². The fourth-order valence-corrected chi connectivity index (χ4v) is 2.90. The van der Waals surface area contributed by atoms with Gasteiger partial charge in [0.2, 0.25) is 0 Å². The van der Waals surface area contributed by atoms with Crippen molar-refractivity contribution in [1.29, 1.82) is 0 Å². The molecule has 0 spiro atoms. The van der Waals surface area contributed by atoms with E-state index in [-0.39, 0.29) is 12.5 Å². The van der Waals surface area contributed by atoms with E-state index in [2.05, 4.69) is 4.98 Å². The molecule has 2 aromatic rings. The molecule has 1 saturated heterocycles. The number of aliphatic hydroxyl groups excluding tert-OH is 1. The van der Waals surface area contributed by atoms with Crippen LogP contribution in [0, 0.1) is 5.92 Å². The number of carbonyl (C=O) groups excluding carboxylic acids is 1. The largest absolute Gasteiger partial charge is 0.397 e. The molecule has 3 rings (SSSR count). The number of nitrogens with one attached hydrogen (secondary N) is 1. The van der Waals surface area contributed by atoms with Crippen LogP contribution in [-0.4, -0.2) is 40.6 Å². The lowest BCUT2D eigenvalue weighted by molar-refractivity contribution is 0.0780. The van der Waals surface area contributed by atoms with Gasteiger partial charge in [0.05, 0.1) is 11.2 Å². The highest BCUT2D eigenvalue weighted by atomic mass is 16.3. The van der Waals surface area contributed by atoms with Crippen molar-refractivity contribution in [3.05, 3.63) is 30.0 Å². The highest BCUT2D eigenvalue weighted by Crippen LogP contribution is 2.24. The number of nitrogens with zero attached hydrogens (tertiary/aromatic N) is 1. The van der Waals surface area contributed by atoms with Gasteiger partial charge in [-0.2, -0.15) is 0 Å². The highest BCUT2D eigenvalue weighted by molar-refractivity contribution is 6.00. The van der Waals surface area contributed by atoms with Gasteiger partial charge >= 0.3 is 0 Å². The summed E-state index contributed by atoms with van der Waals surface area (Å²) in [6.45, 7) is 1.67. The molecule has 1 aromatic carbocycles. The second-order valence-corrected chi connectivity index (χ2v) is 5.41. The van der Waals surface area contributed by atoms with E-state index in [1.54, 1.807) is 0 Å². The van der Waals surface area contributed by atoms with Crippen LogP contribution in [0.15, 0.2) is 24.3 Å². The number of para-hydroxylation sites is 1. The molecule has 106 valence electrons. The molecule has 1 aliphatic rings. The number of nitrogens with two attached hydrogens (primary N) is 1. The van der Waals surface area contributed by atoms with Gasteiger partial charge in [-0.05, 0) is 30.9 Å². The number of fused-ring (bicyclic) bond motifs is 1. The van der Waals surface area contributed by atoms with Gasteiger partial charge in [0.25, 0.3) is 5.91 Å². The number of aliphatic hydroxyl groups is 1. The van der Waals surface area contributed by atoms with Gasteiger partial charge in [-0.3, -0.25) is 4.79 Å². The fraction of sp³-hybridized carbons (Fsp3) is 0.400. The third-order valence-corrected chi connectivity index (χ3v) is 4.03. The Labute approximate surface area is 117 Å². The van der Waals surface area contributed by atoms with E-state index in [4.69, 9.17) is 10.8 Å². The van der Waals surface area contributed by atoms with Crippen LogP contribution in [0.5, 0.6) is 0 Å². The Morgan fingerprint density at radius 3 is 3.10 bits per heavy atom. The third kappa shape index (κ3) is 2.25. The van der Waals surface area contributed by atoms with Crippen LogP contribution in [0.3, 0.4) is 0 Å². The molecule has 1 amide bonds. The molecule has 1 fully saturated rings. The zero-order chi connectivity index (χ0) is 14.1. The summed E-state index contributed by atoms with van der Waals surface area (Å²) in [5.41, 5.74) is 7.96. The van der Waals surface area contributed by atoms with Gasteiger partial charge in [-0.15, -0.1) is 0 Å². The lowest BCUT2D eigenvalue weighted by Crippen LogP contribution is -2.29. The van der Waals surface area contributed by atoms with Crippen molar-refractivity contribution in [2.75, 3.05) is 25.4 Å². The second-order valence-electron chi connectivity index (χ2n) is 5.41. The van der Waals surface area contributed by atoms with Crippen molar-refractivity contribution in [2.24, 2.45) is 5.92 Å². The summed E-state index contributed by atoms with van der Waals surface area (Å²) in [7, 11) is 0. The van der Waals surface area contributed by atoms with Crippen molar-refractivity contribution in [3.63, 3.8) is 0 Å². The minimum Gasteiger partial charge on any atom is -0.397 e. The Bertz CT molecular complexity index is 635. The number of likely N-dealkylation sites (tertiary alicyclic amines) is 1. The number of amides is 1. The molecule has 5 nitrogen and oxygen atoms in total. The van der Waals surface area contributed by atoms with Gasteiger partial charge in [0, 0.05) is 25.1 Å². The number of H-pyrrole nitrogens is 1. The number of hydrogen-bond acceptors (Lipinski definition) is 3. The van der Waals surface area contributed by atoms with Crippen LogP contribution >= 0.6 is 0 Å². The van der Waals surface area contributed by atoms with Crippen molar-refractivity contribution in [3.8, 4) is 0 Å². The molecule has 2 heterocycles.